The smallest absolute Gasteiger partial charge is 0.0892 e. The maximum Gasteiger partial charge on any atom is 0.0892 e. The highest BCUT2D eigenvalue weighted by atomic mass is 16.5. The summed E-state index contributed by atoms with van der Waals surface area (Å²) in [6.45, 7) is 7.86. The molecule has 0 amide bonds. The Labute approximate surface area is 62.2 Å². The Hall–Kier alpha value is -0.0800. The first-order valence-electron chi connectivity index (χ1n) is 3.72. The van der Waals surface area contributed by atoms with Crippen molar-refractivity contribution >= 4 is 0 Å². The molecule has 0 spiro atoms. The van der Waals surface area contributed by atoms with Crippen molar-refractivity contribution in [1.82, 2.24) is 0 Å². The van der Waals surface area contributed by atoms with Gasteiger partial charge < -0.3 is 9.84 Å². The minimum absolute atomic E-state index is 0.150. The maximum atomic E-state index is 9.47. The highest BCUT2D eigenvalue weighted by Crippen LogP contribution is 2.36. The normalized spacial score (nSPS) is 36.3. The highest BCUT2D eigenvalue weighted by molar-refractivity contribution is 4.94. The minimum Gasteiger partial charge on any atom is -0.390 e. The van der Waals surface area contributed by atoms with Crippen LogP contribution in [0, 0.1) is 0 Å². The van der Waals surface area contributed by atoms with E-state index in [4.69, 9.17) is 4.74 Å². The summed E-state index contributed by atoms with van der Waals surface area (Å²) in [6.07, 6.45) is 0.419. The molecule has 0 bridgehead atoms. The number of ether oxygens (including phenoxy) is 1. The summed E-state index contributed by atoms with van der Waals surface area (Å²) in [5.74, 6) is 0. The van der Waals surface area contributed by atoms with E-state index in [2.05, 4.69) is 0 Å². The van der Waals surface area contributed by atoms with E-state index < -0.39 is 0 Å². The molecule has 0 aromatic carbocycles. The van der Waals surface area contributed by atoms with Gasteiger partial charge in [0.05, 0.1) is 17.3 Å². The van der Waals surface area contributed by atoms with Crippen LogP contribution in [0.1, 0.15) is 34.1 Å². The molecule has 0 saturated carbocycles. The zero-order valence-corrected chi connectivity index (χ0v) is 7.14. The van der Waals surface area contributed by atoms with Crippen molar-refractivity contribution in [2.24, 2.45) is 0 Å². The monoisotopic (exact) mass is 144 g/mol. The van der Waals surface area contributed by atoms with E-state index in [-0.39, 0.29) is 17.3 Å². The molecule has 1 fully saturated rings. The fraction of sp³-hybridized carbons (Fsp3) is 1.00. The highest BCUT2D eigenvalue weighted by Gasteiger charge is 2.44. The molecule has 0 aromatic heterocycles. The SMILES string of the molecule is CC1(C)C[C@@H](O)C(C)(C)O1. The number of hydrogen-bond donors (Lipinski definition) is 1. The quantitative estimate of drug-likeness (QED) is 0.555. The lowest BCUT2D eigenvalue weighted by molar-refractivity contribution is -0.0887. The van der Waals surface area contributed by atoms with Gasteiger partial charge in [-0.1, -0.05) is 0 Å². The van der Waals surface area contributed by atoms with Gasteiger partial charge in [0, 0.05) is 6.42 Å². The van der Waals surface area contributed by atoms with E-state index in [1.165, 1.54) is 0 Å². The molecule has 1 heterocycles. The third-order valence-corrected chi connectivity index (χ3v) is 2.03. The number of aliphatic hydroxyl groups excluding tert-OH is 1. The van der Waals surface area contributed by atoms with Crippen molar-refractivity contribution in [2.45, 2.75) is 51.4 Å². The summed E-state index contributed by atoms with van der Waals surface area (Å²) < 4.78 is 5.60. The Kier molecular flexibility index (Phi) is 1.57. The molecule has 0 radical (unpaired) electrons. The van der Waals surface area contributed by atoms with Gasteiger partial charge in [0.15, 0.2) is 0 Å². The molecule has 1 aliphatic rings. The first kappa shape index (κ1) is 8.02. The molecule has 0 unspecified atom stereocenters. The van der Waals surface area contributed by atoms with E-state index >= 15 is 0 Å². The Morgan fingerprint density at radius 1 is 1.30 bits per heavy atom. The minimum atomic E-state index is -0.358. The fourth-order valence-corrected chi connectivity index (χ4v) is 1.53. The lowest BCUT2D eigenvalue weighted by Gasteiger charge is -2.24. The van der Waals surface area contributed by atoms with E-state index in [9.17, 15) is 5.11 Å². The molecule has 0 aromatic rings. The van der Waals surface area contributed by atoms with Gasteiger partial charge in [0.2, 0.25) is 0 Å². The van der Waals surface area contributed by atoms with E-state index in [0.717, 1.165) is 6.42 Å². The average Bonchev–Trinajstić information content (AvgIpc) is 1.73. The predicted octanol–water partition coefficient (Wildman–Crippen LogP) is 1.32. The molecule has 60 valence electrons. The van der Waals surface area contributed by atoms with Gasteiger partial charge in [-0.15, -0.1) is 0 Å². The third-order valence-electron chi connectivity index (χ3n) is 2.03. The summed E-state index contributed by atoms with van der Waals surface area (Å²) in [4.78, 5) is 0. The van der Waals surface area contributed by atoms with Crippen LogP contribution in [-0.4, -0.2) is 22.4 Å². The van der Waals surface area contributed by atoms with Crippen molar-refractivity contribution in [2.75, 3.05) is 0 Å². The lowest BCUT2D eigenvalue weighted by atomic mass is 9.98. The Morgan fingerprint density at radius 2 is 1.80 bits per heavy atom. The first-order valence-corrected chi connectivity index (χ1v) is 3.72. The van der Waals surface area contributed by atoms with Gasteiger partial charge in [-0.2, -0.15) is 0 Å². The van der Waals surface area contributed by atoms with Crippen LogP contribution in [0.5, 0.6) is 0 Å². The summed E-state index contributed by atoms with van der Waals surface area (Å²) in [6, 6.07) is 0. The molecule has 1 N–H and O–H groups in total. The summed E-state index contributed by atoms with van der Waals surface area (Å²) in [5.41, 5.74) is -0.508. The van der Waals surface area contributed by atoms with Gasteiger partial charge in [0.25, 0.3) is 0 Å². The Bertz CT molecular complexity index is 138. The van der Waals surface area contributed by atoms with Crippen LogP contribution in [-0.2, 0) is 4.74 Å². The van der Waals surface area contributed by atoms with Crippen LogP contribution in [0.4, 0.5) is 0 Å². The van der Waals surface area contributed by atoms with Gasteiger partial charge in [0.1, 0.15) is 0 Å². The van der Waals surface area contributed by atoms with Gasteiger partial charge in [-0.3, -0.25) is 0 Å². The molecule has 1 atom stereocenters. The van der Waals surface area contributed by atoms with Crippen molar-refractivity contribution in [1.29, 1.82) is 0 Å². The Morgan fingerprint density at radius 3 is 1.90 bits per heavy atom. The molecule has 1 rings (SSSR count). The second-order valence-electron chi connectivity index (χ2n) is 4.19. The molecule has 2 nitrogen and oxygen atoms in total. The van der Waals surface area contributed by atoms with Crippen molar-refractivity contribution < 1.29 is 9.84 Å². The lowest BCUT2D eigenvalue weighted by Crippen LogP contribution is -2.32. The molecule has 1 aliphatic heterocycles. The topological polar surface area (TPSA) is 29.5 Å². The van der Waals surface area contributed by atoms with Crippen molar-refractivity contribution in [3.63, 3.8) is 0 Å². The van der Waals surface area contributed by atoms with Gasteiger partial charge >= 0.3 is 0 Å². The van der Waals surface area contributed by atoms with Crippen LogP contribution >= 0.6 is 0 Å². The van der Waals surface area contributed by atoms with Crippen molar-refractivity contribution in [3.8, 4) is 0 Å². The maximum absolute atomic E-state index is 9.47. The summed E-state index contributed by atoms with van der Waals surface area (Å²) in [5, 5.41) is 9.47. The number of aliphatic hydroxyl groups is 1. The first-order chi connectivity index (χ1) is 4.33. The van der Waals surface area contributed by atoms with E-state index in [0.29, 0.717) is 0 Å². The van der Waals surface area contributed by atoms with Crippen LogP contribution in [0.15, 0.2) is 0 Å². The largest absolute Gasteiger partial charge is 0.390 e. The van der Waals surface area contributed by atoms with E-state index in [1.54, 1.807) is 0 Å². The van der Waals surface area contributed by atoms with Gasteiger partial charge in [-0.25, -0.2) is 0 Å². The second-order valence-corrected chi connectivity index (χ2v) is 4.19. The molecule has 2 heteroatoms. The number of rotatable bonds is 0. The van der Waals surface area contributed by atoms with Gasteiger partial charge in [-0.05, 0) is 27.7 Å². The predicted molar refractivity (Wildman–Crippen MR) is 39.9 cm³/mol. The average molecular weight is 144 g/mol. The molecular formula is C8H16O2. The molecular weight excluding hydrogens is 128 g/mol. The Balaban J connectivity index is 2.71. The second kappa shape index (κ2) is 1.95. The molecule has 1 saturated heterocycles. The summed E-state index contributed by atoms with van der Waals surface area (Å²) in [7, 11) is 0. The van der Waals surface area contributed by atoms with Crippen LogP contribution in [0.2, 0.25) is 0 Å². The van der Waals surface area contributed by atoms with E-state index in [1.807, 2.05) is 27.7 Å². The standard InChI is InChI=1S/C8H16O2/c1-7(2)5-6(9)8(3,4)10-7/h6,9H,5H2,1-4H3/t6-/m1/s1. The zero-order valence-electron chi connectivity index (χ0n) is 7.14. The van der Waals surface area contributed by atoms with Crippen LogP contribution in [0.3, 0.4) is 0 Å². The zero-order chi connectivity index (χ0) is 7.99. The summed E-state index contributed by atoms with van der Waals surface area (Å²) >= 11 is 0. The molecule has 0 aliphatic carbocycles. The third kappa shape index (κ3) is 1.32. The number of hydrogen-bond acceptors (Lipinski definition) is 2. The molecule has 10 heavy (non-hydrogen) atoms. The van der Waals surface area contributed by atoms with Crippen molar-refractivity contribution in [3.05, 3.63) is 0 Å². The van der Waals surface area contributed by atoms with Crippen LogP contribution < -0.4 is 0 Å². The van der Waals surface area contributed by atoms with Crippen LogP contribution in [0.25, 0.3) is 0 Å². The fourth-order valence-electron chi connectivity index (χ4n) is 1.53.